The first kappa shape index (κ1) is 18.1. The number of morpholine rings is 1. The highest BCUT2D eigenvalue weighted by Crippen LogP contribution is 2.32. The fourth-order valence-electron chi connectivity index (χ4n) is 3.12. The summed E-state index contributed by atoms with van der Waals surface area (Å²) in [5.74, 6) is 0.368. The van der Waals surface area contributed by atoms with Gasteiger partial charge >= 0.3 is 0 Å². The lowest BCUT2D eigenvalue weighted by Gasteiger charge is -2.42. The molecule has 26 heavy (non-hydrogen) atoms. The van der Waals surface area contributed by atoms with Crippen molar-refractivity contribution in [2.24, 2.45) is 0 Å². The van der Waals surface area contributed by atoms with Crippen molar-refractivity contribution in [3.8, 4) is 0 Å². The maximum absolute atomic E-state index is 12.8. The summed E-state index contributed by atoms with van der Waals surface area (Å²) in [5.41, 5.74) is 0.852. The molecule has 1 N–H and O–H groups in total. The van der Waals surface area contributed by atoms with E-state index in [4.69, 9.17) is 9.26 Å². The van der Waals surface area contributed by atoms with Crippen molar-refractivity contribution in [2.75, 3.05) is 6.61 Å². The highest BCUT2D eigenvalue weighted by molar-refractivity contribution is 5.86. The third-order valence-corrected chi connectivity index (χ3v) is 4.21. The van der Waals surface area contributed by atoms with Gasteiger partial charge in [0.25, 0.3) is 5.91 Å². The SMILES string of the molecule is Cc1nc(CNC(=O)[C@H]2OCC(=O)N(C(C)C)[C@@H]2c2ccccc2)no1. The molecule has 1 aromatic heterocycles. The molecule has 0 aliphatic carbocycles. The number of hydrogen-bond donors (Lipinski definition) is 1. The lowest BCUT2D eigenvalue weighted by molar-refractivity contribution is -0.167. The zero-order chi connectivity index (χ0) is 18.7. The number of ether oxygens (including phenoxy) is 1. The Bertz CT molecular complexity index is 775. The van der Waals surface area contributed by atoms with Gasteiger partial charge in [-0.1, -0.05) is 35.5 Å². The number of nitrogens with zero attached hydrogens (tertiary/aromatic N) is 3. The normalized spacial score (nSPS) is 20.5. The van der Waals surface area contributed by atoms with Crippen LogP contribution in [0.5, 0.6) is 0 Å². The lowest BCUT2D eigenvalue weighted by Crippen LogP contribution is -2.56. The van der Waals surface area contributed by atoms with E-state index in [-0.39, 0.29) is 31.0 Å². The van der Waals surface area contributed by atoms with E-state index in [9.17, 15) is 9.59 Å². The number of carbonyl (C=O) groups is 2. The fourth-order valence-corrected chi connectivity index (χ4v) is 3.12. The molecule has 1 aliphatic rings. The zero-order valence-electron chi connectivity index (χ0n) is 15.0. The van der Waals surface area contributed by atoms with Crippen LogP contribution in [0.3, 0.4) is 0 Å². The van der Waals surface area contributed by atoms with Crippen LogP contribution in [0.2, 0.25) is 0 Å². The predicted molar refractivity (Wildman–Crippen MR) is 91.8 cm³/mol. The molecule has 1 aliphatic heterocycles. The fraction of sp³-hybridized carbons (Fsp3) is 0.444. The van der Waals surface area contributed by atoms with Crippen molar-refractivity contribution in [2.45, 2.75) is 45.5 Å². The van der Waals surface area contributed by atoms with Crippen molar-refractivity contribution in [3.05, 3.63) is 47.6 Å². The van der Waals surface area contributed by atoms with E-state index in [1.807, 2.05) is 44.2 Å². The van der Waals surface area contributed by atoms with Crippen molar-refractivity contribution in [3.63, 3.8) is 0 Å². The number of benzene rings is 1. The van der Waals surface area contributed by atoms with Crippen LogP contribution in [-0.4, -0.2) is 45.6 Å². The topological polar surface area (TPSA) is 97.6 Å². The molecular formula is C18H22N4O4. The van der Waals surface area contributed by atoms with Gasteiger partial charge < -0.3 is 19.5 Å². The Balaban J connectivity index is 1.82. The Morgan fingerprint density at radius 2 is 2.08 bits per heavy atom. The molecule has 2 atom stereocenters. The van der Waals surface area contributed by atoms with Gasteiger partial charge in [0.2, 0.25) is 11.8 Å². The molecule has 0 saturated carbocycles. The van der Waals surface area contributed by atoms with Crippen molar-refractivity contribution in [1.82, 2.24) is 20.4 Å². The van der Waals surface area contributed by atoms with Crippen LogP contribution in [0.4, 0.5) is 0 Å². The first-order chi connectivity index (χ1) is 12.5. The molecule has 0 bridgehead atoms. The van der Waals surface area contributed by atoms with Crippen molar-refractivity contribution in [1.29, 1.82) is 0 Å². The van der Waals surface area contributed by atoms with E-state index in [1.54, 1.807) is 11.8 Å². The van der Waals surface area contributed by atoms with E-state index in [1.165, 1.54) is 0 Å². The Hall–Kier alpha value is -2.74. The molecule has 1 aromatic carbocycles. The van der Waals surface area contributed by atoms with Crippen LogP contribution in [-0.2, 0) is 20.9 Å². The lowest BCUT2D eigenvalue weighted by atomic mass is 9.96. The van der Waals surface area contributed by atoms with Crippen LogP contribution in [0, 0.1) is 6.92 Å². The summed E-state index contributed by atoms with van der Waals surface area (Å²) in [6.45, 7) is 5.54. The van der Waals surface area contributed by atoms with Gasteiger partial charge in [-0.25, -0.2) is 0 Å². The van der Waals surface area contributed by atoms with Crippen LogP contribution < -0.4 is 5.32 Å². The number of nitrogens with one attached hydrogen (secondary N) is 1. The maximum Gasteiger partial charge on any atom is 0.252 e. The van der Waals surface area contributed by atoms with Gasteiger partial charge in [0.1, 0.15) is 6.61 Å². The molecule has 138 valence electrons. The standard InChI is InChI=1S/C18H22N4O4/c1-11(2)22-15(23)10-25-17(16(22)13-7-5-4-6-8-13)18(24)19-9-14-20-12(3)26-21-14/h4-8,11,16-17H,9-10H2,1-3H3,(H,19,24)/t16-,17+/m1/s1. The average Bonchev–Trinajstić information content (AvgIpc) is 3.05. The minimum atomic E-state index is -0.814. The molecule has 2 heterocycles. The van der Waals surface area contributed by atoms with Gasteiger partial charge in [-0.15, -0.1) is 0 Å². The molecule has 3 rings (SSSR count). The summed E-state index contributed by atoms with van der Waals surface area (Å²) >= 11 is 0. The first-order valence-electron chi connectivity index (χ1n) is 8.52. The summed E-state index contributed by atoms with van der Waals surface area (Å²) in [5, 5.41) is 6.53. The van der Waals surface area contributed by atoms with E-state index in [0.29, 0.717) is 11.7 Å². The molecule has 1 fully saturated rings. The Kier molecular flexibility index (Phi) is 5.32. The molecule has 0 spiro atoms. The molecule has 8 nitrogen and oxygen atoms in total. The first-order valence-corrected chi connectivity index (χ1v) is 8.52. The molecule has 0 radical (unpaired) electrons. The molecule has 1 saturated heterocycles. The second-order valence-corrected chi connectivity index (χ2v) is 6.43. The van der Waals surface area contributed by atoms with Gasteiger partial charge in [0.15, 0.2) is 11.9 Å². The van der Waals surface area contributed by atoms with Crippen LogP contribution in [0.1, 0.15) is 37.2 Å². The number of rotatable bonds is 5. The van der Waals surface area contributed by atoms with E-state index >= 15 is 0 Å². The summed E-state index contributed by atoms with van der Waals surface area (Å²) in [7, 11) is 0. The number of hydrogen-bond acceptors (Lipinski definition) is 6. The second kappa shape index (κ2) is 7.65. The average molecular weight is 358 g/mol. The highest BCUT2D eigenvalue weighted by atomic mass is 16.5. The molecule has 0 unspecified atom stereocenters. The second-order valence-electron chi connectivity index (χ2n) is 6.43. The van der Waals surface area contributed by atoms with Gasteiger partial charge in [0, 0.05) is 13.0 Å². The Morgan fingerprint density at radius 1 is 1.35 bits per heavy atom. The largest absolute Gasteiger partial charge is 0.356 e. The molecular weight excluding hydrogens is 336 g/mol. The Labute approximate surface area is 151 Å². The highest BCUT2D eigenvalue weighted by Gasteiger charge is 2.42. The minimum Gasteiger partial charge on any atom is -0.356 e. The summed E-state index contributed by atoms with van der Waals surface area (Å²) in [4.78, 5) is 31.0. The van der Waals surface area contributed by atoms with Crippen LogP contribution in [0.15, 0.2) is 34.9 Å². The van der Waals surface area contributed by atoms with Crippen LogP contribution >= 0.6 is 0 Å². The molecule has 8 heteroatoms. The summed E-state index contributed by atoms with van der Waals surface area (Å²) < 4.78 is 10.5. The molecule has 2 amide bonds. The van der Waals surface area contributed by atoms with E-state index in [0.717, 1.165) is 5.56 Å². The summed E-state index contributed by atoms with van der Waals surface area (Å²) in [6.07, 6.45) is -0.814. The number of carbonyl (C=O) groups excluding carboxylic acids is 2. The number of aromatic nitrogens is 2. The van der Waals surface area contributed by atoms with Gasteiger partial charge in [-0.3, -0.25) is 9.59 Å². The van der Waals surface area contributed by atoms with Gasteiger partial charge in [-0.2, -0.15) is 4.98 Å². The third kappa shape index (κ3) is 3.75. The van der Waals surface area contributed by atoms with Crippen molar-refractivity contribution >= 4 is 11.8 Å². The Morgan fingerprint density at radius 3 is 2.69 bits per heavy atom. The monoisotopic (exact) mass is 358 g/mol. The quantitative estimate of drug-likeness (QED) is 0.867. The van der Waals surface area contributed by atoms with E-state index < -0.39 is 12.1 Å². The van der Waals surface area contributed by atoms with E-state index in [2.05, 4.69) is 15.5 Å². The van der Waals surface area contributed by atoms with Gasteiger partial charge in [0.05, 0.1) is 12.6 Å². The third-order valence-electron chi connectivity index (χ3n) is 4.21. The maximum atomic E-state index is 12.8. The molecule has 2 aromatic rings. The zero-order valence-corrected chi connectivity index (χ0v) is 15.0. The van der Waals surface area contributed by atoms with Crippen molar-refractivity contribution < 1.29 is 18.8 Å². The minimum absolute atomic E-state index is 0.0632. The van der Waals surface area contributed by atoms with Gasteiger partial charge in [-0.05, 0) is 19.4 Å². The number of amides is 2. The summed E-state index contributed by atoms with van der Waals surface area (Å²) in [6, 6.07) is 8.88. The van der Waals surface area contributed by atoms with Crippen LogP contribution in [0.25, 0.3) is 0 Å². The number of aryl methyl sites for hydroxylation is 1. The smallest absolute Gasteiger partial charge is 0.252 e. The predicted octanol–water partition coefficient (Wildman–Crippen LogP) is 1.37.